The number of hydrogen-bond acceptors (Lipinski definition) is 3. The topological polar surface area (TPSA) is 80.9 Å². The summed E-state index contributed by atoms with van der Waals surface area (Å²) in [6.45, 7) is 0. The second kappa shape index (κ2) is 8.40. The van der Waals surface area contributed by atoms with Crippen molar-refractivity contribution >= 4 is 11.7 Å². The minimum absolute atomic E-state index is 0.0429. The molecule has 0 bridgehead atoms. The maximum Gasteiger partial charge on any atom is 0.446 e. The Kier molecular flexibility index (Phi) is 5.81. The van der Waals surface area contributed by atoms with Gasteiger partial charge in [-0.25, -0.2) is 19.1 Å². The van der Waals surface area contributed by atoms with Crippen LogP contribution in [0.25, 0.3) is 5.69 Å². The van der Waals surface area contributed by atoms with E-state index in [9.17, 15) is 40.3 Å². The molecule has 0 amide bonds. The van der Waals surface area contributed by atoms with Gasteiger partial charge in [0, 0.05) is 0 Å². The third kappa shape index (κ3) is 4.10. The van der Waals surface area contributed by atoms with Gasteiger partial charge < -0.3 is 0 Å². The summed E-state index contributed by atoms with van der Waals surface area (Å²) in [4.78, 5) is 28.1. The normalized spacial score (nSPS) is 15.2. The molecule has 4 rings (SSSR count). The first-order valence-corrected chi connectivity index (χ1v) is 10.1. The Hall–Kier alpha value is -3.90. The van der Waals surface area contributed by atoms with E-state index >= 15 is 0 Å². The van der Waals surface area contributed by atoms with E-state index in [1.165, 1.54) is 9.98 Å². The lowest BCUT2D eigenvalue weighted by atomic mass is 9.87. The van der Waals surface area contributed by atoms with Crippen LogP contribution in [-0.4, -0.2) is 27.7 Å². The van der Waals surface area contributed by atoms with E-state index < -0.39 is 52.2 Å². The van der Waals surface area contributed by atoms with E-state index in [0.717, 1.165) is 24.3 Å². The van der Waals surface area contributed by atoms with Gasteiger partial charge in [-0.05, 0) is 36.2 Å². The number of nitrogens with zero attached hydrogens (tertiary/aromatic N) is 1. The first-order chi connectivity index (χ1) is 16.3. The standard InChI is InChI=1S/C22H15F7N4O2/c23-13-7-9-14(10-8-13)33-17-16(18(34)31-19(33)35)20(21(24,25)26,22(27,28)29)32-15(30-17)11-6-12-4-2-1-3-5-12/h1-5,7-10H,6,11H2,(H,30,32)(H,31,34,35)/p+1. The number of nitrogens with one attached hydrogen (secondary N) is 3. The quantitative estimate of drug-likeness (QED) is 0.481. The number of alkyl halides is 6. The average Bonchev–Trinajstić information content (AvgIpc) is 2.77. The number of halogens is 7. The summed E-state index contributed by atoms with van der Waals surface area (Å²) in [5.41, 5.74) is -9.43. The molecule has 2 aromatic carbocycles. The van der Waals surface area contributed by atoms with E-state index in [4.69, 9.17) is 0 Å². The highest BCUT2D eigenvalue weighted by Crippen LogP contribution is 2.48. The summed E-state index contributed by atoms with van der Waals surface area (Å²) < 4.78 is 99.4. The summed E-state index contributed by atoms with van der Waals surface area (Å²) in [6.07, 6.45) is -12.4. The van der Waals surface area contributed by atoms with E-state index in [1.54, 1.807) is 30.3 Å². The molecular weight excluding hydrogens is 485 g/mol. The van der Waals surface area contributed by atoms with Gasteiger partial charge in [-0.15, -0.1) is 0 Å². The van der Waals surface area contributed by atoms with Crippen molar-refractivity contribution in [1.82, 2.24) is 9.55 Å². The molecule has 0 atom stereocenters. The molecule has 13 heteroatoms. The molecule has 35 heavy (non-hydrogen) atoms. The number of aromatic nitrogens is 2. The van der Waals surface area contributed by atoms with E-state index in [1.807, 2.05) is 0 Å². The van der Waals surface area contributed by atoms with Crippen LogP contribution in [-0.2, 0) is 12.0 Å². The number of aryl methyl sites for hydroxylation is 1. The lowest BCUT2D eigenvalue weighted by Crippen LogP contribution is -2.97. The molecule has 0 spiro atoms. The molecule has 0 saturated carbocycles. The Morgan fingerprint density at radius 2 is 1.46 bits per heavy atom. The number of hydrogen-bond donors (Lipinski definition) is 3. The van der Waals surface area contributed by atoms with Crippen molar-refractivity contribution < 1.29 is 35.7 Å². The van der Waals surface area contributed by atoms with Gasteiger partial charge >= 0.3 is 23.6 Å². The van der Waals surface area contributed by atoms with Crippen molar-refractivity contribution in [1.29, 1.82) is 0 Å². The maximum absolute atomic E-state index is 14.3. The number of benzene rings is 2. The number of amidine groups is 1. The third-order valence-electron chi connectivity index (χ3n) is 5.54. The lowest BCUT2D eigenvalue weighted by molar-refractivity contribution is -0.659. The van der Waals surface area contributed by atoms with Crippen LogP contribution in [0.1, 0.15) is 17.5 Å². The third-order valence-corrected chi connectivity index (χ3v) is 5.54. The molecule has 2 heterocycles. The van der Waals surface area contributed by atoms with Crippen LogP contribution in [0.2, 0.25) is 0 Å². The van der Waals surface area contributed by atoms with Gasteiger partial charge in [0.2, 0.25) is 11.7 Å². The number of fused-ring (bicyclic) bond motifs is 1. The second-order valence-electron chi connectivity index (χ2n) is 7.75. The molecule has 0 unspecified atom stereocenters. The maximum atomic E-state index is 14.3. The fourth-order valence-electron chi connectivity index (χ4n) is 3.93. The number of rotatable bonds is 4. The highest BCUT2D eigenvalue weighted by molar-refractivity contribution is 5.93. The highest BCUT2D eigenvalue weighted by atomic mass is 19.4. The molecule has 3 N–H and O–H groups in total. The van der Waals surface area contributed by atoms with Gasteiger partial charge in [-0.2, -0.15) is 26.3 Å². The van der Waals surface area contributed by atoms with E-state index in [-0.39, 0.29) is 18.5 Å². The molecule has 3 aromatic rings. The van der Waals surface area contributed by atoms with Crippen molar-refractivity contribution in [2.75, 3.05) is 5.32 Å². The molecule has 184 valence electrons. The van der Waals surface area contributed by atoms with Crippen LogP contribution >= 0.6 is 0 Å². The van der Waals surface area contributed by atoms with Gasteiger partial charge in [-0.3, -0.25) is 14.8 Å². The van der Waals surface area contributed by atoms with Crippen LogP contribution in [0, 0.1) is 5.82 Å². The zero-order chi connectivity index (χ0) is 25.6. The fourth-order valence-corrected chi connectivity index (χ4v) is 3.93. The van der Waals surface area contributed by atoms with Crippen LogP contribution in [0.3, 0.4) is 0 Å². The summed E-state index contributed by atoms with van der Waals surface area (Å²) in [5.74, 6) is -2.40. The minimum Gasteiger partial charge on any atom is -0.273 e. The van der Waals surface area contributed by atoms with Crippen LogP contribution < -0.4 is 21.6 Å². The Balaban J connectivity index is 2.00. The van der Waals surface area contributed by atoms with Gasteiger partial charge in [0.1, 0.15) is 11.4 Å². The fraction of sp³-hybridized carbons (Fsp3) is 0.227. The van der Waals surface area contributed by atoms with Crippen molar-refractivity contribution in [3.8, 4) is 5.69 Å². The molecule has 0 saturated heterocycles. The minimum atomic E-state index is -6.04. The Bertz CT molecular complexity index is 1380. The van der Waals surface area contributed by atoms with Crippen molar-refractivity contribution in [2.24, 2.45) is 0 Å². The smallest absolute Gasteiger partial charge is 0.273 e. The Morgan fingerprint density at radius 3 is 2.03 bits per heavy atom. The van der Waals surface area contributed by atoms with Crippen LogP contribution in [0.15, 0.2) is 64.2 Å². The second-order valence-corrected chi connectivity index (χ2v) is 7.75. The summed E-state index contributed by atoms with van der Waals surface area (Å²) in [7, 11) is 0. The number of H-pyrrole nitrogens is 1. The zero-order valence-corrected chi connectivity index (χ0v) is 17.5. The largest absolute Gasteiger partial charge is 0.446 e. The van der Waals surface area contributed by atoms with E-state index in [2.05, 4.69) is 5.32 Å². The van der Waals surface area contributed by atoms with Crippen molar-refractivity contribution in [3.63, 3.8) is 0 Å². The molecule has 1 aliphatic heterocycles. The summed E-state index contributed by atoms with van der Waals surface area (Å²) in [5, 5.41) is 2.38. The SMILES string of the molecule is O=c1[nH]c(=O)n(-c2ccc(F)cc2)c2c1C(C(F)(F)F)(C(F)(F)F)[NH+]=C(CCc1ccccc1)N2. The molecule has 0 aliphatic carbocycles. The first kappa shape index (κ1) is 24.2. The van der Waals surface area contributed by atoms with Gasteiger partial charge in [-0.1, -0.05) is 30.3 Å². The molecular formula is C22H16F7N4O2+. The highest BCUT2D eigenvalue weighted by Gasteiger charge is 2.78. The van der Waals surface area contributed by atoms with Gasteiger partial charge in [0.25, 0.3) is 5.56 Å². The van der Waals surface area contributed by atoms with Crippen molar-refractivity contribution in [2.45, 2.75) is 30.7 Å². The molecule has 1 aromatic heterocycles. The molecule has 0 radical (unpaired) electrons. The van der Waals surface area contributed by atoms with Gasteiger partial charge in [0.05, 0.1) is 12.1 Å². The number of aromatic amines is 1. The molecule has 1 aliphatic rings. The van der Waals surface area contributed by atoms with Crippen LogP contribution in [0.5, 0.6) is 0 Å². The van der Waals surface area contributed by atoms with Crippen molar-refractivity contribution in [3.05, 3.63) is 92.4 Å². The lowest BCUT2D eigenvalue weighted by Gasteiger charge is -2.35. The van der Waals surface area contributed by atoms with Gasteiger partial charge in [0.15, 0.2) is 0 Å². The predicted molar refractivity (Wildman–Crippen MR) is 111 cm³/mol. The monoisotopic (exact) mass is 501 g/mol. The van der Waals surface area contributed by atoms with Crippen LogP contribution in [0.4, 0.5) is 36.6 Å². The number of anilines is 1. The first-order valence-electron chi connectivity index (χ1n) is 10.1. The Morgan fingerprint density at radius 1 is 0.857 bits per heavy atom. The predicted octanol–water partition coefficient (Wildman–Crippen LogP) is 2.52. The average molecular weight is 501 g/mol. The summed E-state index contributed by atoms with van der Waals surface area (Å²) >= 11 is 0. The Labute approximate surface area is 191 Å². The zero-order valence-electron chi connectivity index (χ0n) is 17.5. The summed E-state index contributed by atoms with van der Waals surface area (Å²) in [6, 6.07) is 11.9. The molecule has 6 nitrogen and oxygen atoms in total. The van der Waals surface area contributed by atoms with E-state index in [0.29, 0.717) is 10.1 Å². The molecule has 0 fully saturated rings.